The molecule has 1 aliphatic carbocycles. The number of benzene rings is 3. The molecule has 39 heavy (non-hydrogen) atoms. The van der Waals surface area contributed by atoms with Gasteiger partial charge < -0.3 is 10.1 Å². The van der Waals surface area contributed by atoms with Crippen LogP contribution < -0.4 is 15.6 Å². The smallest absolute Gasteiger partial charge is 0.267 e. The van der Waals surface area contributed by atoms with Crippen LogP contribution in [0.25, 0.3) is 15.9 Å². The third-order valence-electron chi connectivity index (χ3n) is 6.49. The van der Waals surface area contributed by atoms with Crippen LogP contribution in [0.5, 0.6) is 11.5 Å². The Morgan fingerprint density at radius 1 is 0.974 bits per heavy atom. The lowest BCUT2D eigenvalue weighted by atomic mass is 9.97. The molecule has 1 aliphatic rings. The molecule has 0 atom stereocenters. The van der Waals surface area contributed by atoms with E-state index in [1.54, 1.807) is 28.0 Å². The van der Waals surface area contributed by atoms with Gasteiger partial charge in [-0.2, -0.15) is 0 Å². The standard InChI is InChI=1S/C30H24BrN3O3S2/c31-19-10-14-21(15-11-19)34-29(36)27-24-8-4-5-9-25(24)39-28(27)33-30(34)38-18-26(35)32-20-12-16-23(17-13-20)37-22-6-2-1-3-7-22/h1-3,6-7,10-17H,4-5,8-9,18H2,(H,32,35). The summed E-state index contributed by atoms with van der Waals surface area (Å²) in [5, 5.41) is 4.16. The number of hydrogen-bond donors (Lipinski definition) is 1. The molecule has 6 nitrogen and oxygen atoms in total. The van der Waals surface area contributed by atoms with Gasteiger partial charge in [0.05, 0.1) is 16.8 Å². The van der Waals surface area contributed by atoms with Gasteiger partial charge >= 0.3 is 0 Å². The molecule has 0 aliphatic heterocycles. The highest BCUT2D eigenvalue weighted by Crippen LogP contribution is 2.35. The number of rotatable bonds is 7. The van der Waals surface area contributed by atoms with Crippen LogP contribution in [0.15, 0.2) is 93.3 Å². The van der Waals surface area contributed by atoms with Crippen LogP contribution in [-0.4, -0.2) is 21.2 Å². The van der Waals surface area contributed by atoms with E-state index in [9.17, 15) is 9.59 Å². The number of thioether (sulfide) groups is 1. The zero-order valence-electron chi connectivity index (χ0n) is 20.9. The van der Waals surface area contributed by atoms with Crippen molar-refractivity contribution in [3.63, 3.8) is 0 Å². The van der Waals surface area contributed by atoms with E-state index in [0.717, 1.165) is 57.4 Å². The number of ether oxygens (including phenoxy) is 1. The molecule has 1 N–H and O–H groups in total. The van der Waals surface area contributed by atoms with E-state index in [1.165, 1.54) is 16.6 Å². The molecule has 0 radical (unpaired) electrons. The first kappa shape index (κ1) is 25.9. The van der Waals surface area contributed by atoms with Gasteiger partial charge in [0.15, 0.2) is 5.16 Å². The molecule has 196 valence electrons. The number of halogens is 1. The number of nitrogens with zero attached hydrogens (tertiary/aromatic N) is 2. The molecule has 0 saturated carbocycles. The second-order valence-corrected chi connectivity index (χ2v) is 12.1. The number of fused-ring (bicyclic) bond motifs is 3. The topological polar surface area (TPSA) is 73.2 Å². The van der Waals surface area contributed by atoms with Crippen LogP contribution in [0.1, 0.15) is 23.3 Å². The Bertz CT molecular complexity index is 1700. The Kier molecular flexibility index (Phi) is 7.54. The second kappa shape index (κ2) is 11.4. The van der Waals surface area contributed by atoms with Crippen molar-refractivity contribution in [2.45, 2.75) is 30.8 Å². The molecule has 9 heteroatoms. The maximum atomic E-state index is 13.9. The first-order chi connectivity index (χ1) is 19.0. The Morgan fingerprint density at radius 3 is 2.46 bits per heavy atom. The second-order valence-electron chi connectivity index (χ2n) is 9.18. The number of aromatic nitrogens is 2. The maximum absolute atomic E-state index is 13.9. The summed E-state index contributed by atoms with van der Waals surface area (Å²) in [5.74, 6) is 1.36. The van der Waals surface area contributed by atoms with E-state index in [4.69, 9.17) is 9.72 Å². The number of amides is 1. The Labute approximate surface area is 242 Å². The van der Waals surface area contributed by atoms with Gasteiger partial charge in [0.25, 0.3) is 5.56 Å². The number of carbonyl (C=O) groups is 1. The van der Waals surface area contributed by atoms with Crippen molar-refractivity contribution in [2.75, 3.05) is 11.1 Å². The summed E-state index contributed by atoms with van der Waals surface area (Å²) in [7, 11) is 0. The van der Waals surface area contributed by atoms with Crippen molar-refractivity contribution in [3.05, 3.63) is 104 Å². The van der Waals surface area contributed by atoms with Crippen LogP contribution in [0.2, 0.25) is 0 Å². The first-order valence-electron chi connectivity index (χ1n) is 12.6. The molecule has 0 unspecified atom stereocenters. The number of anilines is 1. The number of aryl methyl sites for hydroxylation is 2. The molecule has 0 saturated heterocycles. The van der Waals surface area contributed by atoms with E-state index in [0.29, 0.717) is 16.6 Å². The van der Waals surface area contributed by atoms with Gasteiger partial charge in [0.1, 0.15) is 16.3 Å². The maximum Gasteiger partial charge on any atom is 0.267 e. The monoisotopic (exact) mass is 617 g/mol. The zero-order chi connectivity index (χ0) is 26.8. The summed E-state index contributed by atoms with van der Waals surface area (Å²) in [4.78, 5) is 33.7. The van der Waals surface area contributed by atoms with Crippen LogP contribution in [0, 0.1) is 0 Å². The SMILES string of the molecule is O=C(CSc1nc2sc3c(c2c(=O)n1-c1ccc(Br)cc1)CCCC3)Nc1ccc(Oc2ccccc2)cc1. The molecular weight excluding hydrogens is 594 g/mol. The predicted octanol–water partition coefficient (Wildman–Crippen LogP) is 7.61. The lowest BCUT2D eigenvalue weighted by molar-refractivity contribution is -0.113. The summed E-state index contributed by atoms with van der Waals surface area (Å²) >= 11 is 6.35. The van der Waals surface area contributed by atoms with Gasteiger partial charge in [0.2, 0.25) is 5.91 Å². The van der Waals surface area contributed by atoms with Crippen LogP contribution in [0.3, 0.4) is 0 Å². The normalized spacial score (nSPS) is 12.7. The largest absolute Gasteiger partial charge is 0.457 e. The van der Waals surface area contributed by atoms with Gasteiger partial charge in [-0.1, -0.05) is 45.9 Å². The fourth-order valence-corrected chi connectivity index (χ4v) is 7.04. The summed E-state index contributed by atoms with van der Waals surface area (Å²) in [6.45, 7) is 0. The molecular formula is C30H24BrN3O3S2. The molecule has 2 aromatic heterocycles. The predicted molar refractivity (Wildman–Crippen MR) is 162 cm³/mol. The summed E-state index contributed by atoms with van der Waals surface area (Å²) < 4.78 is 8.39. The van der Waals surface area contributed by atoms with Crippen LogP contribution in [0.4, 0.5) is 5.69 Å². The molecule has 1 amide bonds. The Balaban J connectivity index is 1.23. The number of thiophene rings is 1. The average molecular weight is 619 g/mol. The van der Waals surface area contributed by atoms with Crippen molar-refractivity contribution in [1.82, 2.24) is 9.55 Å². The van der Waals surface area contributed by atoms with E-state index in [-0.39, 0.29) is 17.2 Å². The van der Waals surface area contributed by atoms with Crippen molar-refractivity contribution >= 4 is 60.8 Å². The molecule has 3 aromatic carbocycles. The lowest BCUT2D eigenvalue weighted by Crippen LogP contribution is -2.23. The average Bonchev–Trinajstić information content (AvgIpc) is 3.33. The molecule has 5 aromatic rings. The summed E-state index contributed by atoms with van der Waals surface area (Å²) in [6, 6.07) is 24.4. The lowest BCUT2D eigenvalue weighted by Gasteiger charge is -2.14. The number of para-hydroxylation sites is 1. The van der Waals surface area contributed by atoms with Crippen molar-refractivity contribution < 1.29 is 9.53 Å². The minimum atomic E-state index is -0.182. The number of nitrogens with one attached hydrogen (secondary N) is 1. The van der Waals surface area contributed by atoms with Gasteiger partial charge in [-0.05, 0) is 91.9 Å². The highest BCUT2D eigenvalue weighted by atomic mass is 79.9. The van der Waals surface area contributed by atoms with E-state index < -0.39 is 0 Å². The third-order valence-corrected chi connectivity index (χ3v) is 9.15. The molecule has 2 heterocycles. The quantitative estimate of drug-likeness (QED) is 0.150. The fraction of sp³-hybridized carbons (Fsp3) is 0.167. The van der Waals surface area contributed by atoms with Gasteiger partial charge in [-0.15, -0.1) is 11.3 Å². The Hall–Kier alpha value is -3.40. The van der Waals surface area contributed by atoms with E-state index in [2.05, 4.69) is 21.2 Å². The highest BCUT2D eigenvalue weighted by Gasteiger charge is 2.23. The minimum Gasteiger partial charge on any atom is -0.457 e. The Morgan fingerprint density at radius 2 is 1.69 bits per heavy atom. The van der Waals surface area contributed by atoms with Gasteiger partial charge in [0, 0.05) is 15.0 Å². The van der Waals surface area contributed by atoms with Gasteiger partial charge in [-0.3, -0.25) is 14.2 Å². The molecule has 0 spiro atoms. The summed E-state index contributed by atoms with van der Waals surface area (Å²) in [5.41, 5.74) is 2.48. The van der Waals surface area contributed by atoms with Gasteiger partial charge in [-0.25, -0.2) is 4.98 Å². The van der Waals surface area contributed by atoms with Crippen molar-refractivity contribution in [3.8, 4) is 17.2 Å². The first-order valence-corrected chi connectivity index (χ1v) is 15.2. The molecule has 6 rings (SSSR count). The summed E-state index contributed by atoms with van der Waals surface area (Å²) in [6.07, 6.45) is 4.14. The molecule has 0 fully saturated rings. The highest BCUT2D eigenvalue weighted by molar-refractivity contribution is 9.10. The van der Waals surface area contributed by atoms with Crippen molar-refractivity contribution in [2.24, 2.45) is 0 Å². The number of carbonyl (C=O) groups excluding carboxylic acids is 1. The number of hydrogen-bond acceptors (Lipinski definition) is 6. The molecule has 0 bridgehead atoms. The minimum absolute atomic E-state index is 0.0707. The van der Waals surface area contributed by atoms with Crippen LogP contribution >= 0.6 is 39.0 Å². The van der Waals surface area contributed by atoms with E-state index >= 15 is 0 Å². The fourth-order valence-electron chi connectivity index (χ4n) is 4.66. The van der Waals surface area contributed by atoms with Crippen LogP contribution in [-0.2, 0) is 17.6 Å². The third kappa shape index (κ3) is 5.66. The van der Waals surface area contributed by atoms with E-state index in [1.807, 2.05) is 66.7 Å². The zero-order valence-corrected chi connectivity index (χ0v) is 24.1. The van der Waals surface area contributed by atoms with Crippen molar-refractivity contribution in [1.29, 1.82) is 0 Å².